The molecule has 3 aromatic carbocycles. The first-order chi connectivity index (χ1) is 16.6. The predicted molar refractivity (Wildman–Crippen MR) is 135 cm³/mol. The van der Waals surface area contributed by atoms with Crippen LogP contribution in [-0.2, 0) is 0 Å². The molecule has 0 atom stereocenters. The lowest BCUT2D eigenvalue weighted by molar-refractivity contribution is 0.101. The van der Waals surface area contributed by atoms with E-state index in [2.05, 4.69) is 13.5 Å². The highest BCUT2D eigenvalue weighted by Gasteiger charge is 2.28. The van der Waals surface area contributed by atoms with Gasteiger partial charge in [-0.15, -0.1) is 0 Å². The molecule has 0 aliphatic carbocycles. The Labute approximate surface area is 199 Å². The number of furan rings is 1. The fraction of sp³-hybridized carbons (Fsp3) is 0.167. The summed E-state index contributed by atoms with van der Waals surface area (Å²) in [5.41, 5.74) is 4.73. The second kappa shape index (κ2) is 9.06. The molecule has 0 N–H and O–H groups in total. The van der Waals surface area contributed by atoms with Crippen LogP contribution in [-0.4, -0.2) is 12.4 Å². The molecule has 2 heterocycles. The van der Waals surface area contributed by atoms with Crippen LogP contribution in [0.4, 0.5) is 0 Å². The first-order valence-electron chi connectivity index (χ1n) is 11.5. The third-order valence-electron chi connectivity index (χ3n) is 5.98. The molecule has 0 saturated carbocycles. The Bertz CT molecular complexity index is 1420. The van der Waals surface area contributed by atoms with Gasteiger partial charge in [0.15, 0.2) is 5.76 Å². The SMILES string of the molecule is C=C1C=C(C)c2ccc3oc(C(=O)c4cccc(OCCCC)c4)c(-c4ccccc4)c3c2O1. The maximum Gasteiger partial charge on any atom is 0.229 e. The van der Waals surface area contributed by atoms with Crippen molar-refractivity contribution in [2.24, 2.45) is 0 Å². The van der Waals surface area contributed by atoms with Crippen LogP contribution < -0.4 is 9.47 Å². The second-order valence-corrected chi connectivity index (χ2v) is 8.44. The van der Waals surface area contributed by atoms with Crippen LogP contribution in [0, 0.1) is 0 Å². The van der Waals surface area contributed by atoms with Crippen LogP contribution in [0.5, 0.6) is 11.5 Å². The van der Waals surface area contributed by atoms with Crippen molar-refractivity contribution >= 4 is 22.3 Å². The minimum atomic E-state index is -0.202. The lowest BCUT2D eigenvalue weighted by Crippen LogP contribution is -2.04. The van der Waals surface area contributed by atoms with Crippen molar-refractivity contribution in [1.29, 1.82) is 0 Å². The number of ether oxygens (including phenoxy) is 2. The lowest BCUT2D eigenvalue weighted by Gasteiger charge is -2.18. The first-order valence-corrected chi connectivity index (χ1v) is 11.5. The van der Waals surface area contributed by atoms with Crippen LogP contribution in [0.1, 0.15) is 48.4 Å². The Morgan fingerprint density at radius 1 is 1.03 bits per heavy atom. The van der Waals surface area contributed by atoms with Gasteiger partial charge in [0.05, 0.1) is 12.0 Å². The molecule has 0 bridgehead atoms. The maximum absolute atomic E-state index is 13.8. The minimum Gasteiger partial charge on any atom is -0.494 e. The van der Waals surface area contributed by atoms with Gasteiger partial charge in [-0.3, -0.25) is 4.79 Å². The summed E-state index contributed by atoms with van der Waals surface area (Å²) in [4.78, 5) is 13.8. The fourth-order valence-corrected chi connectivity index (χ4v) is 4.29. The van der Waals surface area contributed by atoms with Crippen LogP contribution in [0.25, 0.3) is 27.7 Å². The van der Waals surface area contributed by atoms with Gasteiger partial charge in [0, 0.05) is 16.7 Å². The standard InChI is InChI=1S/C30H26O4/c1-4-5-16-32-23-13-9-12-22(18-23)28(31)30-26(21-10-7-6-8-11-21)27-25(34-30)15-14-24-19(2)17-20(3)33-29(24)27/h6-15,17-18H,3-5,16H2,1-2H3. The van der Waals surface area contributed by atoms with E-state index in [1.807, 2.05) is 67.6 Å². The summed E-state index contributed by atoms with van der Waals surface area (Å²) < 4.78 is 18.1. The van der Waals surface area contributed by atoms with Crippen molar-refractivity contribution < 1.29 is 18.7 Å². The smallest absolute Gasteiger partial charge is 0.229 e. The number of hydrogen-bond donors (Lipinski definition) is 0. The van der Waals surface area contributed by atoms with E-state index in [0.717, 1.165) is 40.5 Å². The van der Waals surface area contributed by atoms with Crippen molar-refractivity contribution in [1.82, 2.24) is 0 Å². The van der Waals surface area contributed by atoms with Gasteiger partial charge in [-0.05, 0) is 54.8 Å². The lowest BCUT2D eigenvalue weighted by atomic mass is 9.94. The number of fused-ring (bicyclic) bond motifs is 3. The zero-order valence-electron chi connectivity index (χ0n) is 19.4. The molecule has 5 rings (SSSR count). The van der Waals surface area contributed by atoms with E-state index < -0.39 is 0 Å². The number of benzene rings is 3. The Morgan fingerprint density at radius 2 is 1.85 bits per heavy atom. The van der Waals surface area contributed by atoms with Gasteiger partial charge in [0.25, 0.3) is 0 Å². The largest absolute Gasteiger partial charge is 0.494 e. The number of allylic oxidation sites excluding steroid dienone is 2. The van der Waals surface area contributed by atoms with Crippen molar-refractivity contribution in [2.45, 2.75) is 26.7 Å². The Morgan fingerprint density at radius 3 is 2.65 bits per heavy atom. The molecule has 34 heavy (non-hydrogen) atoms. The van der Waals surface area contributed by atoms with Crippen LogP contribution in [0.2, 0.25) is 0 Å². The van der Waals surface area contributed by atoms with E-state index >= 15 is 0 Å². The maximum atomic E-state index is 13.8. The molecule has 1 aliphatic rings. The van der Waals surface area contributed by atoms with E-state index in [9.17, 15) is 4.79 Å². The summed E-state index contributed by atoms with van der Waals surface area (Å²) in [6.45, 7) is 8.75. The third-order valence-corrected chi connectivity index (χ3v) is 5.98. The number of carbonyl (C=O) groups is 1. The molecule has 0 saturated heterocycles. The summed E-state index contributed by atoms with van der Waals surface area (Å²) in [6.07, 6.45) is 3.92. The molecular weight excluding hydrogens is 424 g/mol. The van der Waals surface area contributed by atoms with Crippen molar-refractivity contribution in [2.75, 3.05) is 6.61 Å². The highest BCUT2D eigenvalue weighted by Crippen LogP contribution is 2.46. The molecule has 4 heteroatoms. The Balaban J connectivity index is 1.69. The summed E-state index contributed by atoms with van der Waals surface area (Å²) >= 11 is 0. The highest BCUT2D eigenvalue weighted by molar-refractivity contribution is 6.17. The quantitative estimate of drug-likeness (QED) is 0.213. The van der Waals surface area contributed by atoms with Crippen molar-refractivity contribution in [3.63, 3.8) is 0 Å². The molecule has 1 aliphatic heterocycles. The molecule has 170 valence electrons. The van der Waals surface area contributed by atoms with Gasteiger partial charge in [-0.1, -0.05) is 62.4 Å². The van der Waals surface area contributed by atoms with E-state index in [1.54, 1.807) is 12.1 Å². The summed E-state index contributed by atoms with van der Waals surface area (Å²) in [5.74, 6) is 1.98. The molecule has 0 unspecified atom stereocenters. The van der Waals surface area contributed by atoms with Crippen molar-refractivity contribution in [3.8, 4) is 22.6 Å². The normalized spacial score (nSPS) is 12.8. The Hall–Kier alpha value is -4.05. The van der Waals surface area contributed by atoms with E-state index in [0.29, 0.717) is 35.0 Å². The Kier molecular flexibility index (Phi) is 5.81. The zero-order chi connectivity index (χ0) is 23.7. The van der Waals surface area contributed by atoms with Crippen molar-refractivity contribution in [3.05, 3.63) is 102 Å². The number of carbonyl (C=O) groups excluding carboxylic acids is 1. The molecule has 0 fully saturated rings. The number of ketones is 1. The van der Waals surface area contributed by atoms with Gasteiger partial charge in [-0.2, -0.15) is 0 Å². The monoisotopic (exact) mass is 450 g/mol. The van der Waals surface area contributed by atoms with Crippen LogP contribution in [0.3, 0.4) is 0 Å². The van der Waals surface area contributed by atoms with Gasteiger partial charge in [-0.25, -0.2) is 0 Å². The molecule has 0 spiro atoms. The van der Waals surface area contributed by atoms with E-state index in [-0.39, 0.29) is 11.5 Å². The van der Waals surface area contributed by atoms with Gasteiger partial charge < -0.3 is 13.9 Å². The minimum absolute atomic E-state index is 0.202. The summed E-state index contributed by atoms with van der Waals surface area (Å²) in [5, 5.41) is 0.774. The summed E-state index contributed by atoms with van der Waals surface area (Å²) in [7, 11) is 0. The number of unbranched alkanes of at least 4 members (excludes halogenated alkanes) is 1. The van der Waals surface area contributed by atoms with Gasteiger partial charge in [0.1, 0.15) is 22.8 Å². The molecule has 4 aromatic rings. The summed E-state index contributed by atoms with van der Waals surface area (Å²) in [6, 6.07) is 20.9. The molecule has 4 nitrogen and oxygen atoms in total. The van der Waals surface area contributed by atoms with Crippen LogP contribution >= 0.6 is 0 Å². The van der Waals surface area contributed by atoms with Gasteiger partial charge >= 0.3 is 0 Å². The first kappa shape index (κ1) is 21.8. The molecule has 0 radical (unpaired) electrons. The fourth-order valence-electron chi connectivity index (χ4n) is 4.29. The molecule has 0 amide bonds. The number of rotatable bonds is 7. The van der Waals surface area contributed by atoms with Crippen LogP contribution in [0.15, 0.2) is 89.6 Å². The number of hydrogen-bond acceptors (Lipinski definition) is 4. The zero-order valence-corrected chi connectivity index (χ0v) is 19.4. The average Bonchev–Trinajstić information content (AvgIpc) is 3.24. The average molecular weight is 451 g/mol. The predicted octanol–water partition coefficient (Wildman–Crippen LogP) is 7.82. The van der Waals surface area contributed by atoms with Gasteiger partial charge in [0.2, 0.25) is 5.78 Å². The molecular formula is C30H26O4. The molecule has 1 aromatic heterocycles. The van der Waals surface area contributed by atoms with E-state index in [4.69, 9.17) is 13.9 Å². The van der Waals surface area contributed by atoms with E-state index in [1.165, 1.54) is 0 Å². The second-order valence-electron chi connectivity index (χ2n) is 8.44. The highest BCUT2D eigenvalue weighted by atomic mass is 16.5. The topological polar surface area (TPSA) is 48.7 Å². The third kappa shape index (κ3) is 3.92.